The first-order chi connectivity index (χ1) is 9.81. The number of aliphatic hydroxyl groups excluding tert-OH is 1. The molecule has 0 saturated heterocycles. The SMILES string of the molecule is OC(CCc1ccccc1)Cc1nc2ccccc2o1. The molecule has 3 nitrogen and oxygen atoms in total. The van der Waals surface area contributed by atoms with E-state index in [0.717, 1.165) is 17.5 Å². The third-order valence-electron chi connectivity index (χ3n) is 3.36. The van der Waals surface area contributed by atoms with Crippen LogP contribution in [0.2, 0.25) is 0 Å². The molecule has 0 aliphatic carbocycles. The lowest BCUT2D eigenvalue weighted by Crippen LogP contribution is -2.11. The molecule has 2 aromatic carbocycles. The van der Waals surface area contributed by atoms with Crippen LogP contribution in [0, 0.1) is 0 Å². The van der Waals surface area contributed by atoms with E-state index in [1.165, 1.54) is 5.56 Å². The monoisotopic (exact) mass is 267 g/mol. The van der Waals surface area contributed by atoms with Gasteiger partial charge in [-0.25, -0.2) is 4.98 Å². The largest absolute Gasteiger partial charge is 0.441 e. The van der Waals surface area contributed by atoms with Crippen LogP contribution in [0.5, 0.6) is 0 Å². The fourth-order valence-electron chi connectivity index (χ4n) is 2.29. The second-order valence-corrected chi connectivity index (χ2v) is 4.96. The van der Waals surface area contributed by atoms with Gasteiger partial charge < -0.3 is 9.52 Å². The summed E-state index contributed by atoms with van der Waals surface area (Å²) in [6.45, 7) is 0. The van der Waals surface area contributed by atoms with E-state index in [-0.39, 0.29) is 0 Å². The number of aromatic nitrogens is 1. The van der Waals surface area contributed by atoms with Crippen LogP contribution < -0.4 is 0 Å². The lowest BCUT2D eigenvalue weighted by Gasteiger charge is -2.07. The number of hydrogen-bond donors (Lipinski definition) is 1. The molecule has 20 heavy (non-hydrogen) atoms. The molecular formula is C17H17NO2. The Morgan fingerprint density at radius 2 is 1.75 bits per heavy atom. The zero-order valence-corrected chi connectivity index (χ0v) is 11.2. The van der Waals surface area contributed by atoms with E-state index in [0.29, 0.717) is 18.7 Å². The first-order valence-electron chi connectivity index (χ1n) is 6.88. The smallest absolute Gasteiger partial charge is 0.198 e. The van der Waals surface area contributed by atoms with Crippen molar-refractivity contribution in [3.63, 3.8) is 0 Å². The summed E-state index contributed by atoms with van der Waals surface area (Å²) in [5, 5.41) is 10.1. The van der Waals surface area contributed by atoms with Crippen molar-refractivity contribution in [3.8, 4) is 0 Å². The summed E-state index contributed by atoms with van der Waals surface area (Å²) in [6, 6.07) is 17.8. The number of rotatable bonds is 5. The highest BCUT2D eigenvalue weighted by atomic mass is 16.4. The zero-order valence-electron chi connectivity index (χ0n) is 11.2. The number of para-hydroxylation sites is 2. The summed E-state index contributed by atoms with van der Waals surface area (Å²) < 4.78 is 5.62. The fourth-order valence-corrected chi connectivity index (χ4v) is 2.29. The van der Waals surface area contributed by atoms with E-state index in [1.54, 1.807) is 0 Å². The van der Waals surface area contributed by atoms with Gasteiger partial charge in [0.2, 0.25) is 0 Å². The molecule has 1 atom stereocenters. The summed E-state index contributed by atoms with van der Waals surface area (Å²) >= 11 is 0. The molecule has 0 amide bonds. The van der Waals surface area contributed by atoms with E-state index in [9.17, 15) is 5.11 Å². The highest BCUT2D eigenvalue weighted by molar-refractivity contribution is 5.72. The third-order valence-corrected chi connectivity index (χ3v) is 3.36. The molecule has 0 bridgehead atoms. The molecule has 1 N–H and O–H groups in total. The van der Waals surface area contributed by atoms with Gasteiger partial charge in [0.25, 0.3) is 0 Å². The molecule has 0 radical (unpaired) electrons. The number of hydrogen-bond acceptors (Lipinski definition) is 3. The maximum Gasteiger partial charge on any atom is 0.198 e. The molecule has 3 heteroatoms. The highest BCUT2D eigenvalue weighted by Gasteiger charge is 2.11. The van der Waals surface area contributed by atoms with E-state index in [4.69, 9.17) is 4.42 Å². The Morgan fingerprint density at radius 1 is 1.00 bits per heavy atom. The number of fused-ring (bicyclic) bond motifs is 1. The van der Waals surface area contributed by atoms with E-state index >= 15 is 0 Å². The predicted octanol–water partition coefficient (Wildman–Crippen LogP) is 3.36. The van der Waals surface area contributed by atoms with Crippen molar-refractivity contribution in [2.75, 3.05) is 0 Å². The van der Waals surface area contributed by atoms with Crippen LogP contribution in [0.1, 0.15) is 17.9 Å². The molecular weight excluding hydrogens is 250 g/mol. The lowest BCUT2D eigenvalue weighted by atomic mass is 10.1. The molecule has 102 valence electrons. The van der Waals surface area contributed by atoms with Crippen LogP contribution in [-0.4, -0.2) is 16.2 Å². The van der Waals surface area contributed by atoms with Gasteiger partial charge in [-0.3, -0.25) is 0 Å². The van der Waals surface area contributed by atoms with Crippen LogP contribution >= 0.6 is 0 Å². The number of aryl methyl sites for hydroxylation is 1. The van der Waals surface area contributed by atoms with Crippen molar-refractivity contribution >= 4 is 11.1 Å². The standard InChI is InChI=1S/C17H17NO2/c19-14(11-10-13-6-2-1-3-7-13)12-17-18-15-8-4-5-9-16(15)20-17/h1-9,14,19H,10-12H2. The first kappa shape index (κ1) is 12.9. The van der Waals surface area contributed by atoms with E-state index in [2.05, 4.69) is 17.1 Å². The molecule has 0 aliphatic rings. The van der Waals surface area contributed by atoms with Gasteiger partial charge in [0.15, 0.2) is 11.5 Å². The van der Waals surface area contributed by atoms with Crippen LogP contribution in [0.15, 0.2) is 59.0 Å². The fraction of sp³-hybridized carbons (Fsp3) is 0.235. The van der Waals surface area contributed by atoms with Gasteiger partial charge in [-0.05, 0) is 30.5 Å². The summed E-state index contributed by atoms with van der Waals surface area (Å²) in [5.74, 6) is 0.603. The minimum atomic E-state index is -0.428. The molecule has 3 rings (SSSR count). The second-order valence-electron chi connectivity index (χ2n) is 4.96. The molecule has 0 aliphatic heterocycles. The summed E-state index contributed by atoms with van der Waals surface area (Å²) in [7, 11) is 0. The summed E-state index contributed by atoms with van der Waals surface area (Å²) in [5.41, 5.74) is 2.86. The molecule has 1 unspecified atom stereocenters. The Labute approximate surface area is 117 Å². The lowest BCUT2D eigenvalue weighted by molar-refractivity contribution is 0.157. The number of oxazole rings is 1. The van der Waals surface area contributed by atoms with Gasteiger partial charge in [-0.2, -0.15) is 0 Å². The molecule has 0 saturated carbocycles. The van der Waals surface area contributed by atoms with Crippen molar-refractivity contribution in [1.82, 2.24) is 4.98 Å². The van der Waals surface area contributed by atoms with Crippen LogP contribution in [-0.2, 0) is 12.8 Å². The molecule has 0 spiro atoms. The van der Waals surface area contributed by atoms with E-state index in [1.807, 2.05) is 42.5 Å². The Hall–Kier alpha value is -2.13. The number of nitrogens with zero attached hydrogens (tertiary/aromatic N) is 1. The number of aliphatic hydroxyl groups is 1. The van der Waals surface area contributed by atoms with Crippen LogP contribution in [0.25, 0.3) is 11.1 Å². The Kier molecular flexibility index (Phi) is 3.79. The van der Waals surface area contributed by atoms with Gasteiger partial charge >= 0.3 is 0 Å². The first-order valence-corrected chi connectivity index (χ1v) is 6.88. The van der Waals surface area contributed by atoms with Crippen molar-refractivity contribution in [2.45, 2.75) is 25.4 Å². The Bertz CT molecular complexity index is 643. The van der Waals surface area contributed by atoms with Crippen LogP contribution in [0.3, 0.4) is 0 Å². The maximum atomic E-state index is 10.1. The minimum absolute atomic E-state index is 0.428. The van der Waals surface area contributed by atoms with Crippen molar-refractivity contribution in [1.29, 1.82) is 0 Å². The van der Waals surface area contributed by atoms with E-state index < -0.39 is 6.10 Å². The minimum Gasteiger partial charge on any atom is -0.441 e. The van der Waals surface area contributed by atoms with Gasteiger partial charge in [0.05, 0.1) is 12.5 Å². The van der Waals surface area contributed by atoms with Crippen molar-refractivity contribution in [2.24, 2.45) is 0 Å². The maximum absolute atomic E-state index is 10.1. The number of benzene rings is 2. The van der Waals surface area contributed by atoms with Crippen molar-refractivity contribution in [3.05, 3.63) is 66.1 Å². The average Bonchev–Trinajstić information content (AvgIpc) is 2.88. The van der Waals surface area contributed by atoms with Crippen LogP contribution in [0.4, 0.5) is 0 Å². The Balaban J connectivity index is 1.59. The molecule has 1 aromatic heterocycles. The zero-order chi connectivity index (χ0) is 13.8. The summed E-state index contributed by atoms with van der Waals surface area (Å²) in [6.07, 6.45) is 1.61. The van der Waals surface area contributed by atoms with Gasteiger partial charge in [0.1, 0.15) is 5.52 Å². The topological polar surface area (TPSA) is 46.3 Å². The van der Waals surface area contributed by atoms with Crippen molar-refractivity contribution < 1.29 is 9.52 Å². The normalized spacial score (nSPS) is 12.7. The summed E-state index contributed by atoms with van der Waals surface area (Å²) in [4.78, 5) is 4.38. The third kappa shape index (κ3) is 3.06. The average molecular weight is 267 g/mol. The van der Waals surface area contributed by atoms with Gasteiger partial charge in [0, 0.05) is 0 Å². The highest BCUT2D eigenvalue weighted by Crippen LogP contribution is 2.17. The molecule has 3 aromatic rings. The van der Waals surface area contributed by atoms with Gasteiger partial charge in [-0.1, -0.05) is 42.5 Å². The molecule has 1 heterocycles. The van der Waals surface area contributed by atoms with Gasteiger partial charge in [-0.15, -0.1) is 0 Å². The quantitative estimate of drug-likeness (QED) is 0.771. The molecule has 0 fully saturated rings. The Morgan fingerprint density at radius 3 is 2.55 bits per heavy atom. The second kappa shape index (κ2) is 5.88. The predicted molar refractivity (Wildman–Crippen MR) is 78.5 cm³/mol.